The van der Waals surface area contributed by atoms with Crippen LogP contribution in [0.5, 0.6) is 11.5 Å². The summed E-state index contributed by atoms with van der Waals surface area (Å²) < 4.78 is 19.9. The Morgan fingerprint density at radius 1 is 0.585 bits per heavy atom. The Kier molecular flexibility index (Phi) is 28.2. The van der Waals surface area contributed by atoms with Crippen LogP contribution in [0.1, 0.15) is 65.2 Å². The zero-order valence-corrected chi connectivity index (χ0v) is 50.1. The van der Waals surface area contributed by atoms with Gasteiger partial charge in [-0.25, -0.2) is 19.2 Å². The van der Waals surface area contributed by atoms with Gasteiger partial charge in [0.1, 0.15) is 84.0 Å². The summed E-state index contributed by atoms with van der Waals surface area (Å²) >= 11 is 2.29. The van der Waals surface area contributed by atoms with Gasteiger partial charge in [0.15, 0.2) is 0 Å². The molecule has 32 heteroatoms. The number of thioether (sulfide) groups is 2. The molecular formula is C50H52N6Na2O22S2. The van der Waals surface area contributed by atoms with E-state index in [2.05, 4.69) is 21.3 Å². The monoisotopic (exact) mass is 1200 g/mol. The van der Waals surface area contributed by atoms with Crippen molar-refractivity contribution in [3.8, 4) is 11.5 Å². The second-order valence-electron chi connectivity index (χ2n) is 17.7. The number of benzene rings is 2. The number of ketones is 2. The number of carbonyl (C=O) groups excluding carboxylic acids is 12. The van der Waals surface area contributed by atoms with Crippen LogP contribution in [0.15, 0.2) is 83.2 Å². The molecule has 2 aromatic carbocycles. The SMILES string of the molecule is CC(=O)CC(=O)OCC1=C(C(=O)[O-])N2C(=O)[C@@H](NC(=O)CCC[C@@H](NC(=O)Oc3ccccc3)C(=O)O)[C@H]2SC1.CC(=O)CC(=O)OCC1=C(C(=O)[O-])N2C(=O)[C@@H](NC(=O)CCC[C@@H](NC(=O)Oc3ccccc3)C(=O)O)[C@H]2SC1.[Na+].[Na+]. The fourth-order valence-corrected chi connectivity index (χ4v) is 10.5. The number of aliphatic carboxylic acids is 4. The van der Waals surface area contributed by atoms with Crippen molar-refractivity contribution in [2.45, 2.75) is 100 Å². The number of ether oxygens (including phenoxy) is 4. The number of esters is 2. The van der Waals surface area contributed by atoms with Crippen LogP contribution in [0.4, 0.5) is 9.59 Å². The third-order valence-electron chi connectivity index (χ3n) is 11.6. The van der Waals surface area contributed by atoms with Crippen molar-refractivity contribution in [1.82, 2.24) is 31.1 Å². The second kappa shape index (κ2) is 33.3. The van der Waals surface area contributed by atoms with Crippen LogP contribution in [0.25, 0.3) is 0 Å². The Hall–Kier alpha value is -6.80. The van der Waals surface area contributed by atoms with Crippen molar-refractivity contribution in [2.75, 3.05) is 24.7 Å². The molecule has 4 heterocycles. The van der Waals surface area contributed by atoms with Crippen LogP contribution in [0, 0.1) is 0 Å². The van der Waals surface area contributed by atoms with E-state index in [0.29, 0.717) is 0 Å². The van der Waals surface area contributed by atoms with Gasteiger partial charge in [-0.2, -0.15) is 0 Å². The van der Waals surface area contributed by atoms with Crippen LogP contribution >= 0.6 is 23.5 Å². The number of carboxylic acid groups (broad SMARTS) is 4. The van der Waals surface area contributed by atoms with E-state index in [-0.39, 0.29) is 132 Å². The molecule has 2 fully saturated rings. The normalized spacial score (nSPS) is 18.1. The van der Waals surface area contributed by atoms with E-state index in [1.54, 1.807) is 36.4 Å². The van der Waals surface area contributed by atoms with Crippen molar-refractivity contribution in [2.24, 2.45) is 0 Å². The van der Waals surface area contributed by atoms with E-state index in [9.17, 15) is 87.5 Å². The Morgan fingerprint density at radius 3 is 1.23 bits per heavy atom. The van der Waals surface area contributed by atoms with Gasteiger partial charge in [0.25, 0.3) is 11.8 Å². The summed E-state index contributed by atoms with van der Waals surface area (Å²) in [5.41, 5.74) is -0.663. The molecule has 0 aromatic heterocycles. The van der Waals surface area contributed by atoms with Gasteiger partial charge in [0, 0.05) is 35.5 Å². The fourth-order valence-electron chi connectivity index (χ4n) is 7.88. The van der Waals surface area contributed by atoms with Gasteiger partial charge in [0.2, 0.25) is 11.8 Å². The summed E-state index contributed by atoms with van der Waals surface area (Å²) in [6, 6.07) is 11.4. The molecule has 0 saturated carbocycles. The smallest absolute Gasteiger partial charge is 0.543 e. The molecule has 6 N–H and O–H groups in total. The summed E-state index contributed by atoms with van der Waals surface area (Å²) in [5.74, 6) is -10.4. The summed E-state index contributed by atoms with van der Waals surface area (Å²) in [7, 11) is 0. The Bertz CT molecular complexity index is 2670. The molecule has 0 spiro atoms. The van der Waals surface area contributed by atoms with Gasteiger partial charge in [-0.3, -0.25) is 48.2 Å². The van der Waals surface area contributed by atoms with Crippen molar-refractivity contribution < 1.29 is 166 Å². The maximum atomic E-state index is 12.7. The first-order valence-corrected chi connectivity index (χ1v) is 26.2. The summed E-state index contributed by atoms with van der Waals surface area (Å²) in [5, 5.41) is 50.3. The Balaban J connectivity index is 0.000000420. The van der Waals surface area contributed by atoms with E-state index in [4.69, 9.17) is 18.9 Å². The number of nitrogens with zero attached hydrogens (tertiary/aromatic N) is 2. The number of Topliss-reactive ketones (excluding diaryl/α,β-unsaturated/α-hetero) is 2. The van der Waals surface area contributed by atoms with E-state index in [0.717, 1.165) is 33.3 Å². The average Bonchev–Trinajstić information content (AvgIpc) is 3.43. The van der Waals surface area contributed by atoms with Crippen LogP contribution < -0.4 is 100 Å². The van der Waals surface area contributed by atoms with Crippen molar-refractivity contribution in [1.29, 1.82) is 0 Å². The molecule has 4 aliphatic heterocycles. The van der Waals surface area contributed by atoms with Crippen LogP contribution in [-0.2, 0) is 67.0 Å². The number of amides is 6. The number of nitrogens with one attached hydrogen (secondary N) is 4. The minimum absolute atomic E-state index is 0. The second-order valence-corrected chi connectivity index (χ2v) is 19.9. The molecule has 428 valence electrons. The van der Waals surface area contributed by atoms with Gasteiger partial charge in [0.05, 0.1) is 23.3 Å². The van der Waals surface area contributed by atoms with Gasteiger partial charge in [-0.15, -0.1) is 23.5 Å². The Morgan fingerprint density at radius 2 is 0.927 bits per heavy atom. The molecule has 0 unspecified atom stereocenters. The van der Waals surface area contributed by atoms with Gasteiger partial charge in [-0.1, -0.05) is 36.4 Å². The number of fused-ring (bicyclic) bond motifs is 2. The fraction of sp³-hybridized carbons (Fsp3) is 0.400. The van der Waals surface area contributed by atoms with Crippen LogP contribution in [0.3, 0.4) is 0 Å². The predicted octanol–water partition coefficient (Wildman–Crippen LogP) is -7.34. The summed E-state index contributed by atoms with van der Waals surface area (Å²) in [6.45, 7) is 1.53. The molecule has 82 heavy (non-hydrogen) atoms. The summed E-state index contributed by atoms with van der Waals surface area (Å²) in [6.07, 6.45) is -3.31. The minimum Gasteiger partial charge on any atom is -0.543 e. The van der Waals surface area contributed by atoms with Crippen LogP contribution in [0.2, 0.25) is 0 Å². The van der Waals surface area contributed by atoms with Crippen molar-refractivity contribution >= 4 is 107 Å². The third-order valence-corrected chi connectivity index (χ3v) is 14.3. The number of carboxylic acids is 4. The number of rotatable bonds is 26. The van der Waals surface area contributed by atoms with E-state index in [1.165, 1.54) is 38.1 Å². The number of para-hydroxylation sites is 2. The number of carbonyl (C=O) groups is 14. The Labute approximate surface area is 519 Å². The quantitative estimate of drug-likeness (QED) is 0.0221. The molecule has 28 nitrogen and oxygen atoms in total. The zero-order valence-electron chi connectivity index (χ0n) is 44.5. The van der Waals surface area contributed by atoms with E-state index in [1.807, 2.05) is 0 Å². The molecule has 2 saturated heterocycles. The predicted molar refractivity (Wildman–Crippen MR) is 268 cm³/mol. The molecule has 6 atom stereocenters. The van der Waals surface area contributed by atoms with E-state index < -0.39 is 156 Å². The first-order valence-electron chi connectivity index (χ1n) is 24.1. The maximum Gasteiger partial charge on any atom is 1.00 e. The first-order chi connectivity index (χ1) is 37.9. The van der Waals surface area contributed by atoms with Gasteiger partial charge in [-0.05, 0) is 63.8 Å². The zero-order chi connectivity index (χ0) is 58.8. The van der Waals surface area contributed by atoms with Crippen molar-refractivity contribution in [3.63, 3.8) is 0 Å². The first kappa shape index (κ1) is 69.5. The standard InChI is InChI=1S/2C25H27N3O11S.2Na/c2*1-13(29)10-18(31)38-11-14-12-40-22-19(21(32)28(22)20(14)24(35)36)27-17(30)9-5-8-16(23(33)34)26-25(37)39-15-6-3-2-4-7-15;;/h2*2-4,6-7,16,19,22H,5,8-12H2,1H3,(H,26,37)(H,27,30)(H,33,34)(H,35,36);;/q;;2*+1/p-2/t2*16-,19-,22-;;/m11../s1. The molecular weight excluding hydrogens is 1150 g/mol. The molecule has 6 rings (SSSR count). The number of β-lactam (4-membered cyclic amide) rings is 2. The van der Waals surface area contributed by atoms with Crippen LogP contribution in [-0.4, -0.2) is 163 Å². The topological polar surface area (TPSA) is 417 Å². The average molecular weight is 1200 g/mol. The van der Waals surface area contributed by atoms with E-state index >= 15 is 0 Å². The molecule has 4 aliphatic rings. The molecule has 0 bridgehead atoms. The van der Waals surface area contributed by atoms with Crippen molar-refractivity contribution in [3.05, 3.63) is 83.2 Å². The molecule has 0 radical (unpaired) electrons. The van der Waals surface area contributed by atoms with Gasteiger partial charge < -0.3 is 70.2 Å². The molecule has 6 amide bonds. The summed E-state index contributed by atoms with van der Waals surface area (Å²) in [4.78, 5) is 168. The number of hydrogen-bond donors (Lipinski definition) is 6. The van der Waals surface area contributed by atoms with Gasteiger partial charge >= 0.3 is 95.2 Å². The largest absolute Gasteiger partial charge is 1.00 e. The molecule has 2 aromatic rings. The number of hydrogen-bond acceptors (Lipinski definition) is 22. The maximum absolute atomic E-state index is 12.7. The third kappa shape index (κ3) is 20.3. The molecule has 0 aliphatic carbocycles. The minimum atomic E-state index is -1.65.